The molecule has 0 aliphatic rings. The summed E-state index contributed by atoms with van der Waals surface area (Å²) in [4.78, 5) is 4.47. The van der Waals surface area contributed by atoms with Crippen LogP contribution in [-0.4, -0.2) is 9.55 Å². The Balaban J connectivity index is 1.71. The molecule has 3 rings (SSSR count). The maximum Gasteiger partial charge on any atom is 0.0746 e. The van der Waals surface area contributed by atoms with Gasteiger partial charge in [0.25, 0.3) is 0 Å². The first-order valence-corrected chi connectivity index (χ1v) is 6.47. The molecular weight excluding hydrogens is 234 g/mol. The van der Waals surface area contributed by atoms with Crippen molar-refractivity contribution in [2.75, 3.05) is 0 Å². The van der Waals surface area contributed by atoms with Gasteiger partial charge in [-0.05, 0) is 23.3 Å². The number of benzene rings is 1. The molecule has 0 aliphatic heterocycles. The fourth-order valence-electron chi connectivity index (χ4n) is 2.32. The molecule has 3 aromatic rings. The van der Waals surface area contributed by atoms with E-state index in [2.05, 4.69) is 57.6 Å². The Morgan fingerprint density at radius 2 is 2.00 bits per heavy atom. The summed E-state index contributed by atoms with van der Waals surface area (Å²) < 4.78 is 2.07. The lowest BCUT2D eigenvalue weighted by Gasteiger charge is -2.06. The minimum atomic E-state index is 0.837. The molecule has 0 atom stereocenters. The van der Waals surface area contributed by atoms with E-state index in [1.54, 1.807) is 0 Å². The highest BCUT2D eigenvalue weighted by Crippen LogP contribution is 2.15. The van der Waals surface area contributed by atoms with Crippen LogP contribution in [0.15, 0.2) is 55.0 Å². The maximum absolute atomic E-state index is 4.47. The molecule has 0 saturated carbocycles. The molecule has 0 spiro atoms. The molecule has 0 radical (unpaired) electrons. The highest BCUT2D eigenvalue weighted by atomic mass is 14.9. The van der Waals surface area contributed by atoms with Gasteiger partial charge < -0.3 is 9.88 Å². The van der Waals surface area contributed by atoms with Crippen LogP contribution in [0.3, 0.4) is 0 Å². The molecule has 0 fully saturated rings. The Morgan fingerprint density at radius 3 is 2.84 bits per heavy atom. The maximum atomic E-state index is 4.47. The van der Waals surface area contributed by atoms with Gasteiger partial charge in [0.1, 0.15) is 0 Å². The van der Waals surface area contributed by atoms with Crippen molar-refractivity contribution in [3.05, 3.63) is 66.1 Å². The van der Waals surface area contributed by atoms with Crippen LogP contribution in [-0.2, 0) is 20.1 Å². The Kier molecular flexibility index (Phi) is 3.29. The van der Waals surface area contributed by atoms with Crippen LogP contribution in [0.2, 0.25) is 0 Å². The number of aryl methyl sites for hydroxylation is 1. The second kappa shape index (κ2) is 5.24. The van der Waals surface area contributed by atoms with Crippen molar-refractivity contribution in [2.24, 2.45) is 7.05 Å². The molecule has 2 aromatic heterocycles. The van der Waals surface area contributed by atoms with Gasteiger partial charge in [0, 0.05) is 44.1 Å². The van der Waals surface area contributed by atoms with Gasteiger partial charge >= 0.3 is 0 Å². The summed E-state index contributed by atoms with van der Waals surface area (Å²) >= 11 is 0. The first-order chi connectivity index (χ1) is 9.33. The first-order valence-electron chi connectivity index (χ1n) is 6.47. The molecule has 3 heteroatoms. The van der Waals surface area contributed by atoms with E-state index in [-0.39, 0.29) is 0 Å². The lowest BCUT2D eigenvalue weighted by atomic mass is 10.1. The van der Waals surface area contributed by atoms with Gasteiger partial charge in [0.05, 0.1) is 5.52 Å². The monoisotopic (exact) mass is 251 g/mol. The molecule has 19 heavy (non-hydrogen) atoms. The van der Waals surface area contributed by atoms with Crippen molar-refractivity contribution in [3.8, 4) is 0 Å². The number of fused-ring (bicyclic) bond motifs is 1. The molecule has 0 saturated heterocycles. The second-order valence-corrected chi connectivity index (χ2v) is 4.78. The summed E-state index contributed by atoms with van der Waals surface area (Å²) in [5, 5.41) is 4.67. The van der Waals surface area contributed by atoms with E-state index in [0.29, 0.717) is 0 Å². The summed E-state index contributed by atoms with van der Waals surface area (Å²) in [5.41, 5.74) is 3.63. The Morgan fingerprint density at radius 1 is 1.11 bits per heavy atom. The van der Waals surface area contributed by atoms with Gasteiger partial charge in [-0.1, -0.05) is 24.3 Å². The topological polar surface area (TPSA) is 29.9 Å². The molecule has 3 nitrogen and oxygen atoms in total. The zero-order valence-corrected chi connectivity index (χ0v) is 11.0. The Hall–Kier alpha value is -2.13. The fourth-order valence-corrected chi connectivity index (χ4v) is 2.32. The van der Waals surface area contributed by atoms with Gasteiger partial charge in [0.15, 0.2) is 0 Å². The van der Waals surface area contributed by atoms with Crippen molar-refractivity contribution < 1.29 is 0 Å². The van der Waals surface area contributed by atoms with Crippen LogP contribution in [0.1, 0.15) is 11.1 Å². The van der Waals surface area contributed by atoms with Crippen molar-refractivity contribution in [1.82, 2.24) is 14.9 Å². The molecule has 0 bridgehead atoms. The third kappa shape index (κ3) is 2.66. The molecule has 0 aliphatic carbocycles. The third-order valence-electron chi connectivity index (χ3n) is 3.25. The highest BCUT2D eigenvalue weighted by molar-refractivity contribution is 5.81. The van der Waals surface area contributed by atoms with Crippen molar-refractivity contribution in [1.29, 1.82) is 0 Å². The van der Waals surface area contributed by atoms with Crippen molar-refractivity contribution in [2.45, 2.75) is 13.1 Å². The van der Waals surface area contributed by atoms with Crippen molar-refractivity contribution in [3.63, 3.8) is 0 Å². The molecule has 1 aromatic carbocycles. The fraction of sp³-hybridized carbons (Fsp3) is 0.188. The van der Waals surface area contributed by atoms with Gasteiger partial charge in [-0.25, -0.2) is 0 Å². The lowest BCUT2D eigenvalue weighted by molar-refractivity contribution is 0.694. The van der Waals surface area contributed by atoms with Crippen LogP contribution < -0.4 is 5.32 Å². The number of para-hydroxylation sites is 1. The first kappa shape index (κ1) is 11.9. The molecule has 0 unspecified atom stereocenters. The number of nitrogens with zero attached hydrogens (tertiary/aromatic N) is 2. The van der Waals surface area contributed by atoms with Gasteiger partial charge in [-0.2, -0.15) is 0 Å². The predicted molar refractivity (Wildman–Crippen MR) is 77.7 cm³/mol. The summed E-state index contributed by atoms with van der Waals surface area (Å²) in [6.07, 6.45) is 6.05. The quantitative estimate of drug-likeness (QED) is 0.772. The normalized spacial score (nSPS) is 11.0. The Labute approximate surface area is 112 Å². The number of hydrogen-bond donors (Lipinski definition) is 1. The number of rotatable bonds is 4. The minimum Gasteiger partial charge on any atom is -0.357 e. The van der Waals surface area contributed by atoms with Crippen LogP contribution in [0.5, 0.6) is 0 Å². The lowest BCUT2D eigenvalue weighted by Crippen LogP contribution is -2.12. The highest BCUT2D eigenvalue weighted by Gasteiger charge is 2.01. The predicted octanol–water partition coefficient (Wildman–Crippen LogP) is 2.86. The number of aromatic nitrogens is 2. The summed E-state index contributed by atoms with van der Waals surface area (Å²) in [7, 11) is 2.04. The summed E-state index contributed by atoms with van der Waals surface area (Å²) in [6.45, 7) is 1.72. The van der Waals surface area contributed by atoms with Crippen LogP contribution in [0.25, 0.3) is 10.9 Å². The van der Waals surface area contributed by atoms with E-state index >= 15 is 0 Å². The van der Waals surface area contributed by atoms with E-state index in [1.165, 1.54) is 16.5 Å². The molecule has 0 amide bonds. The Bertz CT molecular complexity index is 680. The van der Waals surface area contributed by atoms with Crippen LogP contribution in [0.4, 0.5) is 0 Å². The number of hydrogen-bond acceptors (Lipinski definition) is 2. The van der Waals surface area contributed by atoms with E-state index in [1.807, 2.05) is 19.3 Å². The van der Waals surface area contributed by atoms with E-state index in [9.17, 15) is 0 Å². The molecular formula is C16H17N3. The van der Waals surface area contributed by atoms with E-state index < -0.39 is 0 Å². The molecule has 96 valence electrons. The zero-order valence-electron chi connectivity index (χ0n) is 11.0. The average molecular weight is 251 g/mol. The standard InChI is InChI=1S/C16H17N3/c1-19-9-7-13(12-19)10-17-11-15-5-2-4-14-6-3-8-18-16(14)15/h2-9,12,17H,10-11H2,1H3. The average Bonchev–Trinajstić information content (AvgIpc) is 2.85. The van der Waals surface area contributed by atoms with E-state index in [4.69, 9.17) is 0 Å². The third-order valence-corrected chi connectivity index (χ3v) is 3.25. The zero-order chi connectivity index (χ0) is 13.1. The molecule has 2 heterocycles. The molecule has 1 N–H and O–H groups in total. The summed E-state index contributed by atoms with van der Waals surface area (Å²) in [5.74, 6) is 0. The van der Waals surface area contributed by atoms with Crippen molar-refractivity contribution >= 4 is 10.9 Å². The van der Waals surface area contributed by atoms with E-state index in [0.717, 1.165) is 18.6 Å². The SMILES string of the molecule is Cn1ccc(CNCc2cccc3cccnc23)c1. The smallest absolute Gasteiger partial charge is 0.0746 e. The second-order valence-electron chi connectivity index (χ2n) is 4.78. The van der Waals surface area contributed by atoms with Gasteiger partial charge in [0.2, 0.25) is 0 Å². The number of pyridine rings is 1. The van der Waals surface area contributed by atoms with Gasteiger partial charge in [-0.3, -0.25) is 4.98 Å². The largest absolute Gasteiger partial charge is 0.357 e. The van der Waals surface area contributed by atoms with Gasteiger partial charge in [-0.15, -0.1) is 0 Å². The van der Waals surface area contributed by atoms with Crippen LogP contribution in [0, 0.1) is 0 Å². The summed E-state index contributed by atoms with van der Waals surface area (Å²) in [6, 6.07) is 12.5. The van der Waals surface area contributed by atoms with Crippen LogP contribution >= 0.6 is 0 Å². The number of nitrogens with one attached hydrogen (secondary N) is 1. The minimum absolute atomic E-state index is 0.837.